The molecule has 0 aliphatic rings. The molecule has 2 nitrogen and oxygen atoms in total. The molecule has 0 saturated carbocycles. The summed E-state index contributed by atoms with van der Waals surface area (Å²) in [5, 5.41) is 1.06. The third kappa shape index (κ3) is 8.01. The van der Waals surface area contributed by atoms with Gasteiger partial charge in [-0.15, -0.1) is 0 Å². The van der Waals surface area contributed by atoms with Gasteiger partial charge in [-0.25, -0.2) is 0 Å². The molecule has 0 saturated heterocycles. The number of primary amides is 1. The van der Waals surface area contributed by atoms with E-state index in [2.05, 4.69) is 17.3 Å². The van der Waals surface area contributed by atoms with Crippen LogP contribution in [0.15, 0.2) is 0 Å². The molecule has 0 aromatic heterocycles. The van der Waals surface area contributed by atoms with Crippen LogP contribution in [0.3, 0.4) is 0 Å². The Labute approximate surface area is 59.2 Å². The summed E-state index contributed by atoms with van der Waals surface area (Å²) in [4.78, 5) is 10.3. The quantitative estimate of drug-likeness (QED) is 0.667. The third-order valence-electron chi connectivity index (χ3n) is 1.12. The summed E-state index contributed by atoms with van der Waals surface area (Å²) < 4.78 is 0. The normalized spacial score (nSPS) is 11.4. The Kier molecular flexibility index (Phi) is 3.25. The average Bonchev–Trinajstić information content (AvgIpc) is 1.59. The van der Waals surface area contributed by atoms with Crippen LogP contribution in [-0.4, -0.2) is 19.2 Å². The summed E-state index contributed by atoms with van der Waals surface area (Å²) in [6.45, 7) is 0. The Morgan fingerprint density at radius 1 is 1.44 bits per heavy atom. The van der Waals surface area contributed by atoms with Gasteiger partial charge in [0.2, 0.25) is 0 Å². The molecule has 0 radical (unpaired) electrons. The van der Waals surface area contributed by atoms with Crippen LogP contribution in [0.1, 0.15) is 6.42 Å². The van der Waals surface area contributed by atoms with E-state index in [1.165, 1.54) is 0 Å². The van der Waals surface area contributed by atoms with Crippen molar-refractivity contribution in [2.24, 2.45) is 5.73 Å². The molecule has 0 bridgehead atoms. The van der Waals surface area contributed by atoms with E-state index >= 15 is 0 Å². The number of carbonyl (C=O) groups excluding carboxylic acids is 1. The molecule has 0 fully saturated rings. The zero-order chi connectivity index (χ0) is 7.49. The van der Waals surface area contributed by atoms with Gasteiger partial charge < -0.3 is 0 Å². The monoisotopic (exact) mass is 191 g/mol. The fourth-order valence-corrected chi connectivity index (χ4v) is 2.59. The van der Waals surface area contributed by atoms with Crippen molar-refractivity contribution in [3.63, 3.8) is 0 Å². The van der Waals surface area contributed by atoms with Crippen LogP contribution in [0.2, 0.25) is 22.5 Å². The maximum absolute atomic E-state index is 10.3. The second-order valence-electron chi connectivity index (χ2n) is 3.53. The van der Waals surface area contributed by atoms with E-state index in [0.717, 1.165) is 5.25 Å². The first-order chi connectivity index (χ1) is 3.92. The number of amides is 1. The van der Waals surface area contributed by atoms with Gasteiger partial charge in [0.1, 0.15) is 0 Å². The first-order valence-corrected chi connectivity index (χ1v) is 11.0. The van der Waals surface area contributed by atoms with Crippen LogP contribution in [0, 0.1) is 0 Å². The van der Waals surface area contributed by atoms with Crippen molar-refractivity contribution in [3.05, 3.63) is 0 Å². The Morgan fingerprint density at radius 2 is 1.89 bits per heavy atom. The maximum atomic E-state index is 10.3. The molecule has 3 heteroatoms. The number of hydrogen-bond acceptors (Lipinski definition) is 1. The molecule has 1 amide bonds. The molecule has 0 heterocycles. The topological polar surface area (TPSA) is 43.1 Å². The second kappa shape index (κ2) is 3.25. The summed E-state index contributed by atoms with van der Waals surface area (Å²) in [5.74, 6) is 6.69. The molecule has 0 spiro atoms. The number of rotatable bonds is 3. The van der Waals surface area contributed by atoms with Gasteiger partial charge in [-0.05, 0) is 0 Å². The van der Waals surface area contributed by atoms with E-state index in [0.29, 0.717) is 6.42 Å². The molecular weight excluding hydrogens is 175 g/mol. The Balaban J connectivity index is 3.39. The average molecular weight is 190 g/mol. The fraction of sp³-hybridized carbons (Fsp3) is 0.833. The van der Waals surface area contributed by atoms with Crippen molar-refractivity contribution in [1.82, 2.24) is 0 Å². The number of carbonyl (C=O) groups is 1. The van der Waals surface area contributed by atoms with Crippen LogP contribution in [-0.2, 0) is 4.79 Å². The molecule has 0 aliphatic carbocycles. The van der Waals surface area contributed by atoms with E-state index in [4.69, 9.17) is 5.73 Å². The van der Waals surface area contributed by atoms with Crippen molar-refractivity contribution in [2.45, 2.75) is 28.9 Å². The first-order valence-electron chi connectivity index (χ1n) is 3.20. The summed E-state index contributed by atoms with van der Waals surface area (Å²) in [6.07, 6.45) is 0.587. The van der Waals surface area contributed by atoms with E-state index in [9.17, 15) is 4.79 Å². The minimum absolute atomic E-state index is 0.157. The summed E-state index contributed by atoms with van der Waals surface area (Å²) in [7, 11) is 0. The van der Waals surface area contributed by atoms with E-state index in [1.807, 2.05) is 0 Å². The molecule has 0 rings (SSSR count). The number of nitrogens with two attached hydrogens (primary N) is 1. The minimum atomic E-state index is -1.46. The molecule has 54 valence electrons. The first kappa shape index (κ1) is 9.01. The summed E-state index contributed by atoms with van der Waals surface area (Å²) >= 11 is -1.46. The third-order valence-corrected chi connectivity index (χ3v) is 4.79. The molecule has 9 heavy (non-hydrogen) atoms. The fourth-order valence-electron chi connectivity index (χ4n) is 0.498. The van der Waals surface area contributed by atoms with Gasteiger partial charge in [-0.3, -0.25) is 0 Å². The van der Waals surface area contributed by atoms with Gasteiger partial charge in [-0.1, -0.05) is 0 Å². The van der Waals surface area contributed by atoms with Crippen molar-refractivity contribution in [3.8, 4) is 0 Å². The Hall–Kier alpha value is 0.0129. The van der Waals surface area contributed by atoms with Crippen LogP contribution in [0.4, 0.5) is 0 Å². The second-order valence-corrected chi connectivity index (χ2v) is 15.3. The molecular formula is C6H15GeNO. The molecule has 0 aromatic carbocycles. The van der Waals surface area contributed by atoms with Crippen LogP contribution in [0.25, 0.3) is 0 Å². The van der Waals surface area contributed by atoms with Gasteiger partial charge in [0, 0.05) is 0 Å². The predicted molar refractivity (Wildman–Crippen MR) is 42.0 cm³/mol. The molecule has 0 aromatic rings. The number of hydrogen-bond donors (Lipinski definition) is 1. The standard InChI is InChI=1S/C6H15GeNO/c1-7(2,3)5-4-6(8)9/h4-5H2,1-3H3,(H2,8,9). The van der Waals surface area contributed by atoms with Gasteiger partial charge in [0.15, 0.2) is 0 Å². The van der Waals surface area contributed by atoms with Gasteiger partial charge >= 0.3 is 58.6 Å². The van der Waals surface area contributed by atoms with Crippen LogP contribution < -0.4 is 5.73 Å². The van der Waals surface area contributed by atoms with E-state index in [1.54, 1.807) is 0 Å². The van der Waals surface area contributed by atoms with Crippen LogP contribution in [0.5, 0.6) is 0 Å². The molecule has 2 N–H and O–H groups in total. The summed E-state index contributed by atoms with van der Waals surface area (Å²) in [5.41, 5.74) is 4.99. The Morgan fingerprint density at radius 3 is 2.00 bits per heavy atom. The predicted octanol–water partition coefficient (Wildman–Crippen LogP) is 1.20. The van der Waals surface area contributed by atoms with Gasteiger partial charge in [0.25, 0.3) is 0 Å². The van der Waals surface area contributed by atoms with Crippen molar-refractivity contribution in [1.29, 1.82) is 0 Å². The van der Waals surface area contributed by atoms with Gasteiger partial charge in [-0.2, -0.15) is 0 Å². The zero-order valence-electron chi connectivity index (χ0n) is 6.40. The SMILES string of the molecule is [CH3][Ge]([CH3])([CH3])[CH2]CC(N)=O. The van der Waals surface area contributed by atoms with Crippen molar-refractivity contribution < 1.29 is 4.79 Å². The van der Waals surface area contributed by atoms with E-state index < -0.39 is 13.3 Å². The summed E-state index contributed by atoms with van der Waals surface area (Å²) in [6, 6.07) is 0. The van der Waals surface area contributed by atoms with E-state index in [-0.39, 0.29) is 5.91 Å². The molecule has 0 aliphatic heterocycles. The van der Waals surface area contributed by atoms with Gasteiger partial charge in [0.05, 0.1) is 0 Å². The Bertz CT molecular complexity index is 106. The molecule has 0 unspecified atom stereocenters. The van der Waals surface area contributed by atoms with Crippen LogP contribution >= 0.6 is 0 Å². The zero-order valence-corrected chi connectivity index (χ0v) is 8.50. The van der Waals surface area contributed by atoms with Crippen molar-refractivity contribution >= 4 is 19.2 Å². The molecule has 0 atom stereocenters. The van der Waals surface area contributed by atoms with Crippen molar-refractivity contribution in [2.75, 3.05) is 0 Å².